The molecule has 6 rings (SSSR count). The molecule has 1 saturated carbocycles. The third-order valence-corrected chi connectivity index (χ3v) is 7.84. The van der Waals surface area contributed by atoms with Crippen molar-refractivity contribution >= 4 is 18.0 Å². The number of likely N-dealkylation sites (tertiary alicyclic amines) is 1. The van der Waals surface area contributed by atoms with Gasteiger partial charge in [-0.15, -0.1) is 0 Å². The fraction of sp³-hybridized carbons (Fsp3) is 0.444. The molecule has 4 aliphatic rings. The Morgan fingerprint density at radius 1 is 1.03 bits per heavy atom. The smallest absolute Gasteiger partial charge is 0.407 e. The lowest BCUT2D eigenvalue weighted by molar-refractivity contribution is -0.150. The first-order valence-corrected chi connectivity index (χ1v) is 12.3. The lowest BCUT2D eigenvalue weighted by atomic mass is 9.98. The molecule has 2 heterocycles. The topological polar surface area (TPSA) is 105 Å². The first-order chi connectivity index (χ1) is 17.0. The van der Waals surface area contributed by atoms with Crippen LogP contribution in [-0.2, 0) is 19.1 Å². The zero-order chi connectivity index (χ0) is 24.1. The molecule has 182 valence electrons. The second-order valence-electron chi connectivity index (χ2n) is 9.89. The van der Waals surface area contributed by atoms with Crippen molar-refractivity contribution in [2.45, 2.75) is 55.8 Å². The average Bonchev–Trinajstić information content (AvgIpc) is 3.35. The Bertz CT molecular complexity index is 1130. The van der Waals surface area contributed by atoms with E-state index in [1.807, 2.05) is 24.3 Å². The van der Waals surface area contributed by atoms with Gasteiger partial charge < -0.3 is 24.8 Å². The van der Waals surface area contributed by atoms with E-state index in [1.54, 1.807) is 0 Å². The third-order valence-electron chi connectivity index (χ3n) is 7.84. The molecule has 2 N–H and O–H groups in total. The van der Waals surface area contributed by atoms with Gasteiger partial charge in [-0.3, -0.25) is 4.79 Å². The first-order valence-electron chi connectivity index (χ1n) is 12.3. The van der Waals surface area contributed by atoms with Crippen molar-refractivity contribution in [1.82, 2.24) is 10.2 Å². The minimum absolute atomic E-state index is 0.00111. The summed E-state index contributed by atoms with van der Waals surface area (Å²) >= 11 is 0. The molecule has 8 nitrogen and oxygen atoms in total. The van der Waals surface area contributed by atoms with Gasteiger partial charge in [0.15, 0.2) is 0 Å². The second kappa shape index (κ2) is 8.68. The molecule has 2 aliphatic carbocycles. The average molecular weight is 477 g/mol. The van der Waals surface area contributed by atoms with Gasteiger partial charge in [0, 0.05) is 18.9 Å². The number of alkyl carbamates (subject to hydrolysis) is 1. The molecule has 2 saturated heterocycles. The third kappa shape index (κ3) is 3.86. The summed E-state index contributed by atoms with van der Waals surface area (Å²) in [7, 11) is 0. The van der Waals surface area contributed by atoms with Crippen molar-refractivity contribution in [2.24, 2.45) is 5.92 Å². The number of carbonyl (C=O) groups is 3. The van der Waals surface area contributed by atoms with Crippen molar-refractivity contribution < 1.29 is 29.0 Å². The van der Waals surface area contributed by atoms with Gasteiger partial charge in [0.25, 0.3) is 0 Å². The van der Waals surface area contributed by atoms with Crippen molar-refractivity contribution in [3.05, 3.63) is 59.7 Å². The summed E-state index contributed by atoms with van der Waals surface area (Å²) in [5.41, 5.74) is 4.52. The Morgan fingerprint density at radius 2 is 1.69 bits per heavy atom. The van der Waals surface area contributed by atoms with Crippen LogP contribution in [0.2, 0.25) is 0 Å². The Kier molecular flexibility index (Phi) is 5.48. The lowest BCUT2D eigenvalue weighted by Gasteiger charge is -2.31. The second-order valence-corrected chi connectivity index (χ2v) is 9.89. The molecule has 8 heteroatoms. The predicted octanol–water partition coefficient (Wildman–Crippen LogP) is 3.15. The molecule has 2 aromatic carbocycles. The Hall–Kier alpha value is -3.39. The minimum Gasteiger partial charge on any atom is -0.480 e. The number of hydrogen-bond acceptors (Lipinski definition) is 5. The van der Waals surface area contributed by atoms with Gasteiger partial charge in [0.2, 0.25) is 5.91 Å². The van der Waals surface area contributed by atoms with Gasteiger partial charge in [-0.25, -0.2) is 9.59 Å². The molecule has 0 bridgehead atoms. The normalized spacial score (nSPS) is 25.5. The van der Waals surface area contributed by atoms with E-state index in [4.69, 9.17) is 9.47 Å². The molecule has 2 aliphatic heterocycles. The number of carboxylic acids is 1. The minimum atomic E-state index is -1.04. The maximum Gasteiger partial charge on any atom is 0.407 e. The molecule has 4 unspecified atom stereocenters. The number of benzene rings is 2. The van der Waals surface area contributed by atoms with Gasteiger partial charge in [0.1, 0.15) is 18.7 Å². The highest BCUT2D eigenvalue weighted by molar-refractivity contribution is 5.91. The van der Waals surface area contributed by atoms with Crippen LogP contribution in [0.3, 0.4) is 0 Å². The van der Waals surface area contributed by atoms with Crippen molar-refractivity contribution in [1.29, 1.82) is 0 Å². The lowest BCUT2D eigenvalue weighted by Crippen LogP contribution is -2.55. The number of ether oxygens (including phenoxy) is 2. The number of carbonyl (C=O) groups excluding carboxylic acids is 2. The number of carboxylic acid groups (broad SMARTS) is 1. The van der Waals surface area contributed by atoms with Crippen molar-refractivity contribution in [2.75, 3.05) is 13.2 Å². The molecule has 35 heavy (non-hydrogen) atoms. The summed E-state index contributed by atoms with van der Waals surface area (Å²) in [5.74, 6) is -1.45. The predicted molar refractivity (Wildman–Crippen MR) is 126 cm³/mol. The van der Waals surface area contributed by atoms with Crippen LogP contribution in [-0.4, -0.2) is 65.4 Å². The maximum absolute atomic E-state index is 13.5. The van der Waals surface area contributed by atoms with E-state index < -0.39 is 24.1 Å². The number of aliphatic carboxylic acids is 1. The molecular weight excluding hydrogens is 448 g/mol. The highest BCUT2D eigenvalue weighted by Crippen LogP contribution is 2.44. The fourth-order valence-corrected chi connectivity index (χ4v) is 6.02. The Balaban J connectivity index is 1.16. The van der Waals surface area contributed by atoms with Gasteiger partial charge in [-0.2, -0.15) is 0 Å². The molecule has 3 fully saturated rings. The van der Waals surface area contributed by atoms with Crippen LogP contribution in [0.25, 0.3) is 11.1 Å². The van der Waals surface area contributed by atoms with Gasteiger partial charge in [-0.1, -0.05) is 48.5 Å². The maximum atomic E-state index is 13.5. The molecule has 2 aromatic rings. The number of nitrogens with one attached hydrogen (secondary N) is 1. The summed E-state index contributed by atoms with van der Waals surface area (Å²) < 4.78 is 11.3. The van der Waals surface area contributed by atoms with E-state index in [-0.39, 0.29) is 42.9 Å². The summed E-state index contributed by atoms with van der Waals surface area (Å²) in [4.78, 5) is 39.7. The molecule has 0 spiro atoms. The van der Waals surface area contributed by atoms with E-state index in [1.165, 1.54) is 4.90 Å². The van der Waals surface area contributed by atoms with Crippen molar-refractivity contribution in [3.8, 4) is 11.1 Å². The number of rotatable bonds is 6. The number of amides is 2. The summed E-state index contributed by atoms with van der Waals surface area (Å²) in [6.07, 6.45) is 1.63. The highest BCUT2D eigenvalue weighted by atomic mass is 16.5. The Morgan fingerprint density at radius 3 is 2.31 bits per heavy atom. The van der Waals surface area contributed by atoms with E-state index in [0.717, 1.165) is 35.1 Å². The number of fused-ring (bicyclic) bond motifs is 4. The van der Waals surface area contributed by atoms with E-state index in [9.17, 15) is 19.5 Å². The van der Waals surface area contributed by atoms with Crippen molar-refractivity contribution in [3.63, 3.8) is 0 Å². The molecule has 4 atom stereocenters. The van der Waals surface area contributed by atoms with Crippen LogP contribution in [0.5, 0.6) is 0 Å². The fourth-order valence-electron chi connectivity index (χ4n) is 6.02. The molecule has 0 aromatic heterocycles. The van der Waals surface area contributed by atoms with Gasteiger partial charge >= 0.3 is 12.1 Å². The summed E-state index contributed by atoms with van der Waals surface area (Å²) in [5, 5.41) is 12.5. The number of nitrogens with zero attached hydrogens (tertiary/aromatic N) is 1. The quantitative estimate of drug-likeness (QED) is 0.664. The zero-order valence-corrected chi connectivity index (χ0v) is 19.3. The Labute approximate surface area is 203 Å². The standard InChI is InChI=1S/C27H28N2O6/c30-25(29-21-11-12-34-23(21)13-22(29)26(31)32)24(15-9-10-15)28-27(33)35-14-20-18-7-3-1-5-16(18)17-6-2-4-8-19(17)20/h1-8,15,20-24H,9-14H2,(H,28,33)(H,31,32). The zero-order valence-electron chi connectivity index (χ0n) is 19.3. The van der Waals surface area contributed by atoms with E-state index >= 15 is 0 Å². The largest absolute Gasteiger partial charge is 0.480 e. The highest BCUT2D eigenvalue weighted by Gasteiger charge is 2.53. The van der Waals surface area contributed by atoms with Crippen LogP contribution >= 0.6 is 0 Å². The molecule has 2 amide bonds. The van der Waals surface area contributed by atoms with E-state index in [2.05, 4.69) is 29.6 Å². The first kappa shape index (κ1) is 22.1. The summed E-state index contributed by atoms with van der Waals surface area (Å²) in [6.45, 7) is 0.671. The van der Waals surface area contributed by atoms with Crippen LogP contribution in [0.4, 0.5) is 4.79 Å². The molecular formula is C27H28N2O6. The van der Waals surface area contributed by atoms with E-state index in [0.29, 0.717) is 13.0 Å². The van der Waals surface area contributed by atoms with Crippen LogP contribution < -0.4 is 5.32 Å². The monoisotopic (exact) mass is 476 g/mol. The van der Waals surface area contributed by atoms with Crippen LogP contribution in [0.15, 0.2) is 48.5 Å². The SMILES string of the molecule is O=C(NC(C(=O)N1C(C(=O)O)CC2OCCC21)C1CC1)OCC1c2ccccc2-c2ccccc21. The number of hydrogen-bond donors (Lipinski definition) is 2. The summed E-state index contributed by atoms with van der Waals surface area (Å²) in [6, 6.07) is 14.2. The van der Waals surface area contributed by atoms with Crippen LogP contribution in [0.1, 0.15) is 42.7 Å². The molecule has 0 radical (unpaired) electrons. The van der Waals surface area contributed by atoms with Gasteiger partial charge in [0.05, 0.1) is 12.1 Å². The van der Waals surface area contributed by atoms with Gasteiger partial charge in [-0.05, 0) is 47.4 Å². The van der Waals surface area contributed by atoms with Crippen LogP contribution in [0, 0.1) is 5.92 Å².